The summed E-state index contributed by atoms with van der Waals surface area (Å²) in [7, 11) is 2.05. The van der Waals surface area contributed by atoms with E-state index < -0.39 is 0 Å². The van der Waals surface area contributed by atoms with Crippen molar-refractivity contribution >= 4 is 5.82 Å². The van der Waals surface area contributed by atoms with Gasteiger partial charge in [0.2, 0.25) is 0 Å². The zero-order valence-electron chi connectivity index (χ0n) is 16.5. The molecule has 1 aliphatic rings. The van der Waals surface area contributed by atoms with Crippen LogP contribution in [-0.2, 0) is 13.0 Å². The van der Waals surface area contributed by atoms with Crippen molar-refractivity contribution in [3.05, 3.63) is 59.5 Å². The third-order valence-corrected chi connectivity index (χ3v) is 5.70. The number of halogens is 1. The Hall–Kier alpha value is -1.98. The highest BCUT2D eigenvalue weighted by molar-refractivity contribution is 5.39. The molecule has 2 aromatic rings. The summed E-state index contributed by atoms with van der Waals surface area (Å²) in [4.78, 5) is 9.12. The number of nitrogens with zero attached hydrogens (tertiary/aromatic N) is 3. The minimum absolute atomic E-state index is 0.150. The normalized spacial score (nSPS) is 20.4. The lowest BCUT2D eigenvalue weighted by Gasteiger charge is -2.27. The number of aromatic nitrogens is 1. The van der Waals surface area contributed by atoms with Crippen LogP contribution >= 0.6 is 0 Å². The number of hydrogen-bond acceptors (Lipinski definition) is 4. The van der Waals surface area contributed by atoms with Gasteiger partial charge in [-0.1, -0.05) is 18.2 Å². The second-order valence-electron chi connectivity index (χ2n) is 8.15. The molecule has 1 atom stereocenters. The van der Waals surface area contributed by atoms with Gasteiger partial charge in [0, 0.05) is 37.8 Å². The standard InChI is InChI=1S/C22H30FN3O/c1-17(2)25(3)21-9-6-19(13-24-21)14-26-11-10-22(15-26,16-27)12-18-4-7-20(23)8-5-18/h4-9,13,17,27H,10-12,14-16H2,1-3H3. The van der Waals surface area contributed by atoms with Gasteiger partial charge >= 0.3 is 0 Å². The Labute approximate surface area is 161 Å². The largest absolute Gasteiger partial charge is 0.396 e. The van der Waals surface area contributed by atoms with Crippen molar-refractivity contribution in [2.24, 2.45) is 5.41 Å². The van der Waals surface area contributed by atoms with Crippen LogP contribution in [0.3, 0.4) is 0 Å². The van der Waals surface area contributed by atoms with Crippen molar-refractivity contribution in [1.29, 1.82) is 0 Å². The van der Waals surface area contributed by atoms with E-state index in [1.807, 2.05) is 18.3 Å². The van der Waals surface area contributed by atoms with E-state index in [1.165, 1.54) is 17.7 Å². The summed E-state index contributed by atoms with van der Waals surface area (Å²) in [5, 5.41) is 10.0. The Kier molecular flexibility index (Phi) is 6.12. The Balaban J connectivity index is 1.61. The van der Waals surface area contributed by atoms with Crippen molar-refractivity contribution in [2.45, 2.75) is 39.3 Å². The second kappa shape index (κ2) is 8.36. The summed E-state index contributed by atoms with van der Waals surface area (Å²) in [6.07, 6.45) is 3.67. The van der Waals surface area contributed by atoms with Crippen LogP contribution in [0.2, 0.25) is 0 Å². The molecule has 1 aliphatic heterocycles. The zero-order chi connectivity index (χ0) is 19.4. The first-order valence-electron chi connectivity index (χ1n) is 9.66. The molecule has 1 unspecified atom stereocenters. The molecule has 3 rings (SSSR count). The molecule has 0 spiro atoms. The molecule has 5 heteroatoms. The van der Waals surface area contributed by atoms with E-state index in [9.17, 15) is 9.50 Å². The van der Waals surface area contributed by atoms with Gasteiger partial charge < -0.3 is 10.0 Å². The van der Waals surface area contributed by atoms with Crippen LogP contribution in [0.5, 0.6) is 0 Å². The van der Waals surface area contributed by atoms with Crippen LogP contribution in [0.1, 0.15) is 31.4 Å². The molecule has 1 aromatic carbocycles. The maximum atomic E-state index is 13.1. The Morgan fingerprint density at radius 1 is 1.19 bits per heavy atom. The molecule has 1 aromatic heterocycles. The summed E-state index contributed by atoms with van der Waals surface area (Å²) in [6, 6.07) is 11.3. The van der Waals surface area contributed by atoms with Crippen LogP contribution in [0, 0.1) is 11.2 Å². The van der Waals surface area contributed by atoms with Crippen molar-refractivity contribution < 1.29 is 9.50 Å². The predicted molar refractivity (Wildman–Crippen MR) is 107 cm³/mol. The molecule has 4 nitrogen and oxygen atoms in total. The molecule has 0 amide bonds. The third-order valence-electron chi connectivity index (χ3n) is 5.70. The number of anilines is 1. The summed E-state index contributed by atoms with van der Waals surface area (Å²) < 4.78 is 13.1. The van der Waals surface area contributed by atoms with Crippen molar-refractivity contribution in [1.82, 2.24) is 9.88 Å². The summed E-state index contributed by atoms with van der Waals surface area (Å²) in [6.45, 7) is 7.08. The monoisotopic (exact) mass is 371 g/mol. The van der Waals surface area contributed by atoms with Crippen molar-refractivity contribution in [2.75, 3.05) is 31.6 Å². The fourth-order valence-electron chi connectivity index (χ4n) is 3.77. The Bertz CT molecular complexity index is 732. The van der Waals surface area contributed by atoms with Crippen LogP contribution in [0.25, 0.3) is 0 Å². The number of likely N-dealkylation sites (tertiary alicyclic amines) is 1. The molecule has 146 valence electrons. The maximum absolute atomic E-state index is 13.1. The van der Waals surface area contributed by atoms with Gasteiger partial charge in [0.1, 0.15) is 11.6 Å². The quantitative estimate of drug-likeness (QED) is 0.809. The molecule has 0 bridgehead atoms. The summed E-state index contributed by atoms with van der Waals surface area (Å²) in [5.74, 6) is 0.764. The highest BCUT2D eigenvalue weighted by atomic mass is 19.1. The molecule has 0 saturated carbocycles. The summed E-state index contributed by atoms with van der Waals surface area (Å²) in [5.41, 5.74) is 2.12. The van der Waals surface area contributed by atoms with E-state index in [-0.39, 0.29) is 17.8 Å². The van der Waals surface area contributed by atoms with Gasteiger partial charge in [-0.25, -0.2) is 9.37 Å². The second-order valence-corrected chi connectivity index (χ2v) is 8.15. The lowest BCUT2D eigenvalue weighted by molar-refractivity contribution is 0.127. The van der Waals surface area contributed by atoms with Gasteiger partial charge in [-0.15, -0.1) is 0 Å². The molecule has 2 heterocycles. The molecular formula is C22H30FN3O. The van der Waals surface area contributed by atoms with E-state index in [4.69, 9.17) is 0 Å². The van der Waals surface area contributed by atoms with E-state index >= 15 is 0 Å². The van der Waals surface area contributed by atoms with Crippen molar-refractivity contribution in [3.63, 3.8) is 0 Å². The van der Waals surface area contributed by atoms with E-state index in [0.29, 0.717) is 6.04 Å². The lowest BCUT2D eigenvalue weighted by Crippen LogP contribution is -2.32. The van der Waals surface area contributed by atoms with Gasteiger partial charge in [-0.2, -0.15) is 0 Å². The molecular weight excluding hydrogens is 341 g/mol. The predicted octanol–water partition coefficient (Wildman–Crippen LogP) is 3.49. The first-order chi connectivity index (χ1) is 12.9. The fraction of sp³-hybridized carbons (Fsp3) is 0.500. The van der Waals surface area contributed by atoms with Gasteiger partial charge in [-0.05, 0) is 62.6 Å². The maximum Gasteiger partial charge on any atom is 0.128 e. The SMILES string of the molecule is CC(C)N(C)c1ccc(CN2CCC(CO)(Cc3ccc(F)cc3)C2)cn1. The van der Waals surface area contributed by atoms with Crippen LogP contribution in [-0.4, -0.2) is 47.8 Å². The lowest BCUT2D eigenvalue weighted by atomic mass is 9.81. The number of benzene rings is 1. The molecule has 27 heavy (non-hydrogen) atoms. The smallest absolute Gasteiger partial charge is 0.128 e. The fourth-order valence-corrected chi connectivity index (χ4v) is 3.77. The van der Waals surface area contributed by atoms with Crippen LogP contribution in [0.4, 0.5) is 10.2 Å². The highest BCUT2D eigenvalue weighted by Crippen LogP contribution is 2.34. The van der Waals surface area contributed by atoms with E-state index in [1.54, 1.807) is 0 Å². The van der Waals surface area contributed by atoms with Crippen molar-refractivity contribution in [3.8, 4) is 0 Å². The number of rotatable bonds is 7. The molecule has 1 saturated heterocycles. The minimum atomic E-state index is -0.219. The van der Waals surface area contributed by atoms with Crippen LogP contribution < -0.4 is 4.90 Å². The Morgan fingerprint density at radius 2 is 1.89 bits per heavy atom. The van der Waals surface area contributed by atoms with Gasteiger partial charge in [0.25, 0.3) is 0 Å². The molecule has 0 aliphatic carbocycles. The number of aliphatic hydroxyl groups excluding tert-OH is 1. The average molecular weight is 372 g/mol. The topological polar surface area (TPSA) is 39.6 Å². The number of pyridine rings is 1. The first kappa shape index (κ1) is 19.8. The minimum Gasteiger partial charge on any atom is -0.396 e. The molecule has 0 radical (unpaired) electrons. The third kappa shape index (κ3) is 4.85. The molecule has 1 fully saturated rings. The van der Waals surface area contributed by atoms with Crippen LogP contribution in [0.15, 0.2) is 42.6 Å². The van der Waals surface area contributed by atoms with Gasteiger partial charge in [0.05, 0.1) is 6.61 Å². The molecule has 1 N–H and O–H groups in total. The van der Waals surface area contributed by atoms with Gasteiger partial charge in [-0.3, -0.25) is 4.90 Å². The number of hydrogen-bond donors (Lipinski definition) is 1. The number of aliphatic hydroxyl groups is 1. The van der Waals surface area contributed by atoms with E-state index in [0.717, 1.165) is 43.9 Å². The van der Waals surface area contributed by atoms with E-state index in [2.05, 4.69) is 47.8 Å². The van der Waals surface area contributed by atoms with Gasteiger partial charge in [0.15, 0.2) is 0 Å². The first-order valence-corrected chi connectivity index (χ1v) is 9.66. The summed E-state index contributed by atoms with van der Waals surface area (Å²) >= 11 is 0. The zero-order valence-corrected chi connectivity index (χ0v) is 16.5. The average Bonchev–Trinajstić information content (AvgIpc) is 3.06. The highest BCUT2D eigenvalue weighted by Gasteiger charge is 2.37. The Morgan fingerprint density at radius 3 is 2.48 bits per heavy atom.